The lowest BCUT2D eigenvalue weighted by molar-refractivity contribution is 0.150. The van der Waals surface area contributed by atoms with Gasteiger partial charge >= 0.3 is 0 Å². The molecule has 1 aliphatic heterocycles. The number of rotatable bonds is 6. The molecule has 1 fully saturated rings. The molecule has 1 rings (SSSR count). The largest absolute Gasteiger partial charge is 0.384 e. The number of ether oxygens (including phenoxy) is 1. The summed E-state index contributed by atoms with van der Waals surface area (Å²) in [6, 6.07) is 2.73. The average molecular weight is 239 g/mol. The van der Waals surface area contributed by atoms with Gasteiger partial charge in [-0.3, -0.25) is 5.32 Å². The molecule has 0 spiro atoms. The van der Waals surface area contributed by atoms with Crippen molar-refractivity contribution in [3.8, 4) is 6.07 Å². The third kappa shape index (κ3) is 4.63. The zero-order valence-electron chi connectivity index (χ0n) is 11.5. The minimum atomic E-state index is -0.448. The molecule has 0 saturated carbocycles. The van der Waals surface area contributed by atoms with E-state index in [4.69, 9.17) is 4.74 Å². The quantitative estimate of drug-likeness (QED) is 0.757. The van der Waals surface area contributed by atoms with Crippen LogP contribution in [0.3, 0.4) is 0 Å². The second kappa shape index (κ2) is 6.34. The summed E-state index contributed by atoms with van der Waals surface area (Å²) in [7, 11) is 1.75. The van der Waals surface area contributed by atoms with Crippen LogP contribution in [0.4, 0.5) is 0 Å². The van der Waals surface area contributed by atoms with E-state index in [0.29, 0.717) is 12.0 Å². The Labute approximate surface area is 105 Å². The van der Waals surface area contributed by atoms with Crippen LogP contribution in [0.5, 0.6) is 0 Å². The van der Waals surface area contributed by atoms with Crippen molar-refractivity contribution >= 4 is 0 Å². The van der Waals surface area contributed by atoms with Crippen molar-refractivity contribution in [2.75, 3.05) is 33.4 Å². The summed E-state index contributed by atoms with van der Waals surface area (Å²) >= 11 is 0. The summed E-state index contributed by atoms with van der Waals surface area (Å²) in [5.41, 5.74) is -0.448. The number of nitriles is 1. The first-order chi connectivity index (χ1) is 7.99. The Hall–Kier alpha value is -0.630. The van der Waals surface area contributed by atoms with Crippen molar-refractivity contribution in [3.63, 3.8) is 0 Å². The van der Waals surface area contributed by atoms with E-state index in [0.717, 1.165) is 26.2 Å². The van der Waals surface area contributed by atoms with Crippen LogP contribution in [-0.2, 0) is 4.74 Å². The van der Waals surface area contributed by atoms with Crippen molar-refractivity contribution < 1.29 is 4.74 Å². The van der Waals surface area contributed by atoms with Crippen LogP contribution in [0.15, 0.2) is 0 Å². The van der Waals surface area contributed by atoms with Gasteiger partial charge in [0, 0.05) is 26.2 Å². The van der Waals surface area contributed by atoms with E-state index in [1.54, 1.807) is 7.11 Å². The molecule has 0 aromatic heterocycles. The second-order valence-electron chi connectivity index (χ2n) is 5.59. The molecule has 1 N–H and O–H groups in total. The smallest absolute Gasteiger partial charge is 0.116 e. The molecular formula is C13H25N3O. The number of nitrogens with one attached hydrogen (secondary N) is 1. The Morgan fingerprint density at radius 2 is 2.29 bits per heavy atom. The fourth-order valence-corrected chi connectivity index (χ4v) is 2.63. The molecule has 1 aliphatic rings. The van der Waals surface area contributed by atoms with E-state index in [1.807, 2.05) is 6.92 Å². The van der Waals surface area contributed by atoms with E-state index in [2.05, 4.69) is 30.1 Å². The number of methoxy groups -OCH3 is 1. The van der Waals surface area contributed by atoms with Gasteiger partial charge in [0.25, 0.3) is 0 Å². The third-order valence-electron chi connectivity index (χ3n) is 3.17. The van der Waals surface area contributed by atoms with Crippen LogP contribution < -0.4 is 5.32 Å². The fourth-order valence-electron chi connectivity index (χ4n) is 2.63. The summed E-state index contributed by atoms with van der Waals surface area (Å²) in [6.07, 6.45) is 1.18. The van der Waals surface area contributed by atoms with Gasteiger partial charge in [0.1, 0.15) is 5.54 Å². The summed E-state index contributed by atoms with van der Waals surface area (Å²) in [6.45, 7) is 9.88. The molecule has 0 aliphatic carbocycles. The van der Waals surface area contributed by atoms with Gasteiger partial charge in [-0.2, -0.15) is 5.26 Å². The summed E-state index contributed by atoms with van der Waals surface area (Å²) < 4.78 is 5.19. The maximum Gasteiger partial charge on any atom is 0.116 e. The molecule has 4 heteroatoms. The van der Waals surface area contributed by atoms with Crippen molar-refractivity contribution in [2.24, 2.45) is 5.92 Å². The molecule has 17 heavy (non-hydrogen) atoms. The van der Waals surface area contributed by atoms with E-state index in [1.165, 1.54) is 6.42 Å². The fraction of sp³-hybridized carbons (Fsp3) is 0.923. The van der Waals surface area contributed by atoms with Crippen LogP contribution >= 0.6 is 0 Å². The Kier molecular flexibility index (Phi) is 5.38. The first-order valence-corrected chi connectivity index (χ1v) is 6.39. The minimum absolute atomic E-state index is 0.331. The monoisotopic (exact) mass is 239 g/mol. The minimum Gasteiger partial charge on any atom is -0.384 e. The molecular weight excluding hydrogens is 214 g/mol. The van der Waals surface area contributed by atoms with Crippen molar-refractivity contribution in [3.05, 3.63) is 0 Å². The molecule has 0 amide bonds. The van der Waals surface area contributed by atoms with Gasteiger partial charge < -0.3 is 9.64 Å². The highest BCUT2D eigenvalue weighted by Gasteiger charge is 2.31. The maximum absolute atomic E-state index is 9.30. The molecule has 2 atom stereocenters. The highest BCUT2D eigenvalue weighted by Crippen LogP contribution is 2.19. The predicted molar refractivity (Wildman–Crippen MR) is 68.7 cm³/mol. The van der Waals surface area contributed by atoms with Crippen LogP contribution in [-0.4, -0.2) is 49.8 Å². The lowest BCUT2D eigenvalue weighted by atomic mass is 10.0. The molecule has 2 unspecified atom stereocenters. The Balaban J connectivity index is 2.45. The lowest BCUT2D eigenvalue weighted by Gasteiger charge is -2.30. The van der Waals surface area contributed by atoms with Crippen LogP contribution in [0.1, 0.15) is 27.2 Å². The number of likely N-dealkylation sites (tertiary alicyclic amines) is 1. The first kappa shape index (κ1) is 14.4. The average Bonchev–Trinajstić information content (AvgIpc) is 2.65. The standard InChI is InChI=1S/C13H25N3O/c1-11(2)15-13(3,9-14)10-16-6-5-12(7-16)8-17-4/h11-12,15H,5-8,10H2,1-4H3. The van der Waals surface area contributed by atoms with Gasteiger partial charge in [-0.25, -0.2) is 0 Å². The molecule has 98 valence electrons. The van der Waals surface area contributed by atoms with Crippen LogP contribution in [0.2, 0.25) is 0 Å². The molecule has 0 aromatic rings. The van der Waals surface area contributed by atoms with E-state index >= 15 is 0 Å². The summed E-state index contributed by atoms with van der Waals surface area (Å²) in [4.78, 5) is 2.36. The predicted octanol–water partition coefficient (Wildman–Crippen LogP) is 1.23. The van der Waals surface area contributed by atoms with Crippen molar-refractivity contribution in [2.45, 2.75) is 38.8 Å². The Morgan fingerprint density at radius 3 is 2.82 bits per heavy atom. The summed E-state index contributed by atoms with van der Waals surface area (Å²) in [5.74, 6) is 0.627. The van der Waals surface area contributed by atoms with Gasteiger partial charge in [-0.1, -0.05) is 0 Å². The normalized spacial score (nSPS) is 24.8. The highest BCUT2D eigenvalue weighted by atomic mass is 16.5. The van der Waals surface area contributed by atoms with E-state index in [9.17, 15) is 5.26 Å². The van der Waals surface area contributed by atoms with Gasteiger partial charge in [0.15, 0.2) is 0 Å². The van der Waals surface area contributed by atoms with Gasteiger partial charge in [0.2, 0.25) is 0 Å². The third-order valence-corrected chi connectivity index (χ3v) is 3.17. The first-order valence-electron chi connectivity index (χ1n) is 6.39. The number of hydrogen-bond donors (Lipinski definition) is 1. The molecule has 1 saturated heterocycles. The van der Waals surface area contributed by atoms with Crippen LogP contribution in [0.25, 0.3) is 0 Å². The molecule has 4 nitrogen and oxygen atoms in total. The zero-order valence-corrected chi connectivity index (χ0v) is 11.5. The second-order valence-corrected chi connectivity index (χ2v) is 5.59. The van der Waals surface area contributed by atoms with Gasteiger partial charge in [-0.15, -0.1) is 0 Å². The van der Waals surface area contributed by atoms with Gasteiger partial charge in [-0.05, 0) is 39.7 Å². The van der Waals surface area contributed by atoms with Gasteiger partial charge in [0.05, 0.1) is 12.7 Å². The molecule has 0 bridgehead atoms. The SMILES string of the molecule is COCC1CCN(CC(C)(C#N)NC(C)C)C1. The Morgan fingerprint density at radius 1 is 1.59 bits per heavy atom. The number of hydrogen-bond acceptors (Lipinski definition) is 4. The summed E-state index contributed by atoms with van der Waals surface area (Å²) in [5, 5.41) is 12.6. The van der Waals surface area contributed by atoms with Crippen LogP contribution in [0, 0.1) is 17.2 Å². The molecule has 0 aromatic carbocycles. The Bertz CT molecular complexity index is 274. The highest BCUT2D eigenvalue weighted by molar-refractivity contribution is 5.07. The molecule has 0 radical (unpaired) electrons. The zero-order chi connectivity index (χ0) is 12.9. The van der Waals surface area contributed by atoms with Crippen molar-refractivity contribution in [1.29, 1.82) is 5.26 Å². The number of nitrogens with zero attached hydrogens (tertiary/aromatic N) is 2. The molecule has 1 heterocycles. The lowest BCUT2D eigenvalue weighted by Crippen LogP contribution is -2.52. The van der Waals surface area contributed by atoms with Crippen molar-refractivity contribution in [1.82, 2.24) is 10.2 Å². The van der Waals surface area contributed by atoms with E-state index < -0.39 is 5.54 Å². The van der Waals surface area contributed by atoms with E-state index in [-0.39, 0.29) is 0 Å². The maximum atomic E-state index is 9.30. The topological polar surface area (TPSA) is 48.3 Å².